The zero-order valence-electron chi connectivity index (χ0n) is 10.4. The average Bonchev–Trinajstić information content (AvgIpc) is 3.01. The summed E-state index contributed by atoms with van der Waals surface area (Å²) < 4.78 is 4.91. The maximum Gasteiger partial charge on any atom is 0.341 e. The number of hydrogen-bond donors (Lipinski definition) is 1. The summed E-state index contributed by atoms with van der Waals surface area (Å²) in [5.74, 6) is 0.365. The molecule has 0 unspecified atom stereocenters. The highest BCUT2D eigenvalue weighted by molar-refractivity contribution is 5.88. The molecule has 2 aliphatic heterocycles. The largest absolute Gasteiger partial charge is 0.462 e. The van der Waals surface area contributed by atoms with Crippen molar-refractivity contribution in [1.82, 2.24) is 9.97 Å². The molecule has 0 spiro atoms. The van der Waals surface area contributed by atoms with Crippen LogP contribution >= 0.6 is 0 Å². The third kappa shape index (κ3) is 1.92. The fourth-order valence-corrected chi connectivity index (χ4v) is 2.73. The van der Waals surface area contributed by atoms with Crippen LogP contribution in [0.1, 0.15) is 23.7 Å². The van der Waals surface area contributed by atoms with Gasteiger partial charge >= 0.3 is 5.97 Å². The molecule has 1 aromatic heterocycles. The molecule has 0 radical (unpaired) electrons. The van der Waals surface area contributed by atoms with Gasteiger partial charge in [0.15, 0.2) is 0 Å². The van der Waals surface area contributed by atoms with Crippen LogP contribution in [0.15, 0.2) is 12.4 Å². The average molecular weight is 249 g/mol. The first-order chi connectivity index (χ1) is 8.78. The number of carbonyl (C=O) groups excluding carboxylic acids is 1. The Labute approximate surface area is 105 Å². The second-order valence-corrected chi connectivity index (χ2v) is 4.77. The minimum atomic E-state index is -0.361. The zero-order valence-corrected chi connectivity index (χ0v) is 10.4. The quantitative estimate of drug-likeness (QED) is 0.708. The Bertz CT molecular complexity index is 448. The number of esters is 1. The van der Waals surface area contributed by atoms with E-state index in [-0.39, 0.29) is 5.97 Å². The summed E-state index contributed by atoms with van der Waals surface area (Å²) in [6.07, 6.45) is 4.31. The molecule has 6 heteroatoms. The predicted molar refractivity (Wildman–Crippen MR) is 64.3 cm³/mol. The molecule has 2 bridgehead atoms. The van der Waals surface area contributed by atoms with Crippen molar-refractivity contribution in [3.63, 3.8) is 0 Å². The smallest absolute Gasteiger partial charge is 0.341 e. The van der Waals surface area contributed by atoms with Crippen LogP contribution in [0.5, 0.6) is 0 Å². The van der Waals surface area contributed by atoms with Crippen LogP contribution in [-0.2, 0) is 4.74 Å². The first-order valence-electron chi connectivity index (χ1n) is 6.37. The van der Waals surface area contributed by atoms with E-state index in [9.17, 15) is 4.79 Å². The van der Waals surface area contributed by atoms with Crippen LogP contribution in [0.3, 0.4) is 0 Å². The highest BCUT2D eigenvalue weighted by Gasteiger charge is 2.42. The molecule has 18 heavy (non-hydrogen) atoms. The molecule has 0 amide bonds. The molecular formula is C12H17N4O2+. The Morgan fingerprint density at radius 3 is 2.89 bits per heavy atom. The number of anilines is 1. The number of nitrogens with zero attached hydrogens (tertiary/aromatic N) is 3. The van der Waals surface area contributed by atoms with Crippen molar-refractivity contribution in [1.29, 1.82) is 0 Å². The zero-order chi connectivity index (χ0) is 12.5. The van der Waals surface area contributed by atoms with Crippen molar-refractivity contribution >= 4 is 11.9 Å². The van der Waals surface area contributed by atoms with Gasteiger partial charge in [0.25, 0.3) is 0 Å². The molecule has 3 rings (SSSR count). The summed E-state index contributed by atoms with van der Waals surface area (Å²) in [7, 11) is 0. The number of carbonyl (C=O) groups is 1. The van der Waals surface area contributed by atoms with Crippen LogP contribution in [0, 0.1) is 0 Å². The second-order valence-electron chi connectivity index (χ2n) is 4.77. The van der Waals surface area contributed by atoms with E-state index < -0.39 is 0 Å². The maximum atomic E-state index is 11.5. The Balaban J connectivity index is 1.73. The summed E-state index contributed by atoms with van der Waals surface area (Å²) in [5, 5.41) is 2.38. The summed E-state index contributed by atoms with van der Waals surface area (Å²) in [4.78, 5) is 22.3. The van der Waals surface area contributed by atoms with E-state index in [1.807, 2.05) is 0 Å². The van der Waals surface area contributed by atoms with Crippen LogP contribution in [0.2, 0.25) is 0 Å². The predicted octanol–water partition coefficient (Wildman–Crippen LogP) is -0.822. The van der Waals surface area contributed by atoms with Crippen molar-refractivity contribution in [3.8, 4) is 0 Å². The van der Waals surface area contributed by atoms with Gasteiger partial charge in [-0.25, -0.2) is 14.8 Å². The normalized spacial score (nSPS) is 25.5. The van der Waals surface area contributed by atoms with Crippen molar-refractivity contribution in [2.24, 2.45) is 0 Å². The van der Waals surface area contributed by atoms with Gasteiger partial charge in [-0.2, -0.15) is 0 Å². The molecular weight excluding hydrogens is 232 g/mol. The molecule has 1 aromatic rings. The molecule has 2 fully saturated rings. The molecule has 2 N–H and O–H groups in total. The summed E-state index contributed by atoms with van der Waals surface area (Å²) in [6.45, 7) is 4.27. The molecule has 3 heterocycles. The lowest BCUT2D eigenvalue weighted by Gasteiger charge is -2.24. The minimum absolute atomic E-state index is 0.361. The molecule has 0 aromatic carbocycles. The number of quaternary nitrogens is 1. The molecule has 2 saturated heterocycles. The Kier molecular flexibility index (Phi) is 2.87. The van der Waals surface area contributed by atoms with E-state index in [0.717, 1.165) is 19.0 Å². The number of hydrogen-bond acceptors (Lipinski definition) is 5. The number of piperazine rings is 1. The van der Waals surface area contributed by atoms with Gasteiger partial charge in [-0.1, -0.05) is 0 Å². The van der Waals surface area contributed by atoms with E-state index >= 15 is 0 Å². The van der Waals surface area contributed by atoms with E-state index in [4.69, 9.17) is 4.74 Å². The van der Waals surface area contributed by atoms with Crippen molar-refractivity contribution in [2.45, 2.75) is 25.4 Å². The van der Waals surface area contributed by atoms with Gasteiger partial charge in [-0.15, -0.1) is 0 Å². The number of rotatable bonds is 3. The maximum absolute atomic E-state index is 11.5. The third-order valence-corrected chi connectivity index (χ3v) is 3.59. The summed E-state index contributed by atoms with van der Waals surface area (Å²) in [6, 6.07) is 1.23. The molecule has 0 saturated carbocycles. The first kappa shape index (κ1) is 11.4. The van der Waals surface area contributed by atoms with Gasteiger partial charge in [0.2, 0.25) is 5.95 Å². The van der Waals surface area contributed by atoms with Gasteiger partial charge in [-0.3, -0.25) is 0 Å². The lowest BCUT2D eigenvalue weighted by Crippen LogP contribution is -2.91. The summed E-state index contributed by atoms with van der Waals surface area (Å²) >= 11 is 0. The number of nitrogens with two attached hydrogens (primary N) is 1. The van der Waals surface area contributed by atoms with Gasteiger partial charge in [0.1, 0.15) is 6.04 Å². The molecule has 0 aliphatic carbocycles. The monoisotopic (exact) mass is 249 g/mol. The molecule has 96 valence electrons. The highest BCUT2D eigenvalue weighted by Crippen LogP contribution is 2.23. The van der Waals surface area contributed by atoms with Gasteiger partial charge in [0, 0.05) is 18.8 Å². The lowest BCUT2D eigenvalue weighted by molar-refractivity contribution is -0.672. The molecule has 6 nitrogen and oxygen atoms in total. The molecule has 2 atom stereocenters. The van der Waals surface area contributed by atoms with Gasteiger partial charge in [0.05, 0.1) is 31.3 Å². The number of fused-ring (bicyclic) bond motifs is 2. The van der Waals surface area contributed by atoms with Crippen LogP contribution in [-0.4, -0.2) is 47.7 Å². The Morgan fingerprint density at radius 1 is 1.56 bits per heavy atom. The lowest BCUT2D eigenvalue weighted by atomic mass is 10.2. The minimum Gasteiger partial charge on any atom is -0.462 e. The SMILES string of the molecule is CCOC(=O)c1cnc(N2C[C@H]3C[C@@H]2C[NH2+]3)nc1. The van der Waals surface area contributed by atoms with E-state index in [1.165, 1.54) is 6.42 Å². The Morgan fingerprint density at radius 2 is 2.33 bits per heavy atom. The summed E-state index contributed by atoms with van der Waals surface area (Å²) in [5.41, 5.74) is 0.413. The number of aromatic nitrogens is 2. The first-order valence-corrected chi connectivity index (χ1v) is 6.37. The van der Waals surface area contributed by atoms with Gasteiger partial charge in [-0.05, 0) is 6.92 Å². The topological polar surface area (TPSA) is 71.9 Å². The van der Waals surface area contributed by atoms with Crippen molar-refractivity contribution in [2.75, 3.05) is 24.6 Å². The number of ether oxygens (including phenoxy) is 1. The van der Waals surface area contributed by atoms with Gasteiger partial charge < -0.3 is 15.0 Å². The van der Waals surface area contributed by atoms with Crippen LogP contribution in [0.4, 0.5) is 5.95 Å². The van der Waals surface area contributed by atoms with Crippen LogP contribution in [0.25, 0.3) is 0 Å². The fourth-order valence-electron chi connectivity index (χ4n) is 2.73. The van der Waals surface area contributed by atoms with E-state index in [0.29, 0.717) is 24.3 Å². The van der Waals surface area contributed by atoms with E-state index in [1.54, 1.807) is 19.3 Å². The van der Waals surface area contributed by atoms with Crippen molar-refractivity contribution in [3.05, 3.63) is 18.0 Å². The second kappa shape index (κ2) is 4.53. The van der Waals surface area contributed by atoms with Crippen LogP contribution < -0.4 is 10.2 Å². The molecule has 2 aliphatic rings. The standard InChI is InChI=1S/C12H16N4O2/c1-2-18-11(17)8-4-14-12(15-5-8)16-7-9-3-10(16)6-13-9/h4-5,9-10,13H,2-3,6-7H2,1H3/p+1/t9-,10-/m1/s1. The fraction of sp³-hybridized carbons (Fsp3) is 0.583. The Hall–Kier alpha value is -1.69. The highest BCUT2D eigenvalue weighted by atomic mass is 16.5. The van der Waals surface area contributed by atoms with Crippen molar-refractivity contribution < 1.29 is 14.8 Å². The van der Waals surface area contributed by atoms with E-state index in [2.05, 4.69) is 20.2 Å². The third-order valence-electron chi connectivity index (χ3n) is 3.59.